The minimum atomic E-state index is -1.09. The summed E-state index contributed by atoms with van der Waals surface area (Å²) in [5, 5.41) is 15.5. The molecule has 4 rings (SSSR count). The lowest BCUT2D eigenvalue weighted by Crippen LogP contribution is -2.62. The highest BCUT2D eigenvalue weighted by Gasteiger charge is 2.43. The first-order valence-corrected chi connectivity index (χ1v) is 13.2. The Hall–Kier alpha value is -3.34. The molecule has 0 bridgehead atoms. The number of ether oxygens (including phenoxy) is 2. The zero-order valence-electron chi connectivity index (χ0n) is 22.8. The molecule has 208 valence electrons. The van der Waals surface area contributed by atoms with Crippen LogP contribution in [0.2, 0.25) is 0 Å². The van der Waals surface area contributed by atoms with Crippen LogP contribution in [0.5, 0.6) is 5.75 Å². The van der Waals surface area contributed by atoms with Crippen LogP contribution in [0.25, 0.3) is 0 Å². The van der Waals surface area contributed by atoms with Crippen LogP contribution in [-0.4, -0.2) is 76.8 Å². The number of nitrogens with one attached hydrogen (secondary N) is 2. The quantitative estimate of drug-likeness (QED) is 0.474. The molecule has 3 aliphatic rings. The largest absolute Gasteiger partial charge is 0.486 e. The van der Waals surface area contributed by atoms with Crippen molar-refractivity contribution in [1.82, 2.24) is 15.5 Å². The number of hydrogen-bond acceptors (Lipinski definition) is 8. The second kappa shape index (κ2) is 10.4. The third-order valence-corrected chi connectivity index (χ3v) is 7.38. The fourth-order valence-electron chi connectivity index (χ4n) is 5.29. The molecule has 3 N–H and O–H groups in total. The number of carboxylic acids is 1. The minimum absolute atomic E-state index is 0.0737. The van der Waals surface area contributed by atoms with Crippen LogP contribution in [0.4, 0.5) is 10.5 Å². The number of aromatic carboxylic acids is 1. The van der Waals surface area contributed by atoms with Gasteiger partial charge in [0.2, 0.25) is 11.8 Å². The second-order valence-corrected chi connectivity index (χ2v) is 11.4. The zero-order valence-corrected chi connectivity index (χ0v) is 22.8. The predicted octanol–water partition coefficient (Wildman–Crippen LogP) is 2.66. The molecule has 0 saturated carbocycles. The van der Waals surface area contributed by atoms with E-state index in [4.69, 9.17) is 9.47 Å². The number of carboxylic acid groups (broad SMARTS) is 1. The van der Waals surface area contributed by atoms with Gasteiger partial charge in [-0.15, -0.1) is 0 Å². The van der Waals surface area contributed by atoms with Crippen LogP contribution in [0.3, 0.4) is 0 Å². The maximum absolute atomic E-state index is 12.8. The molecule has 11 nitrogen and oxygen atoms in total. The zero-order chi connectivity index (χ0) is 27.8. The van der Waals surface area contributed by atoms with E-state index in [1.807, 2.05) is 20.8 Å². The first-order chi connectivity index (χ1) is 17.8. The fourth-order valence-corrected chi connectivity index (χ4v) is 5.29. The number of benzene rings is 1. The van der Waals surface area contributed by atoms with Gasteiger partial charge in [0.25, 0.3) is 0 Å². The molecule has 2 fully saturated rings. The Morgan fingerprint density at radius 3 is 2.63 bits per heavy atom. The summed E-state index contributed by atoms with van der Waals surface area (Å²) < 4.78 is 12.1. The molecule has 11 heteroatoms. The average molecular weight is 531 g/mol. The Morgan fingerprint density at radius 2 is 2.00 bits per heavy atom. The maximum Gasteiger partial charge on any atom is 0.410 e. The Bertz CT molecular complexity index is 1130. The molecular formula is C27H38N4O7. The summed E-state index contributed by atoms with van der Waals surface area (Å²) in [5.74, 6) is -1.36. The van der Waals surface area contributed by atoms with Crippen molar-refractivity contribution < 1.29 is 33.8 Å². The van der Waals surface area contributed by atoms with Gasteiger partial charge >= 0.3 is 12.1 Å². The number of carbonyl (C=O) groups excluding carboxylic acids is 3. The highest BCUT2D eigenvalue weighted by molar-refractivity contribution is 6.02. The van der Waals surface area contributed by atoms with Gasteiger partial charge in [0, 0.05) is 38.2 Å². The van der Waals surface area contributed by atoms with Crippen molar-refractivity contribution in [2.45, 2.75) is 90.1 Å². The summed E-state index contributed by atoms with van der Waals surface area (Å²) in [6, 6.07) is 3.20. The lowest BCUT2D eigenvalue weighted by atomic mass is 9.90. The van der Waals surface area contributed by atoms with Gasteiger partial charge in [0.1, 0.15) is 17.5 Å². The molecule has 3 heterocycles. The Kier molecular flexibility index (Phi) is 7.60. The average Bonchev–Trinajstić information content (AvgIpc) is 2.84. The van der Waals surface area contributed by atoms with Gasteiger partial charge in [0.15, 0.2) is 0 Å². The number of fused-ring (bicyclic) bond motifs is 3. The number of piperazine rings is 1. The number of nitrogens with zero attached hydrogens (tertiary/aromatic N) is 2. The fraction of sp³-hybridized carbons (Fsp3) is 0.630. The molecule has 0 unspecified atom stereocenters. The van der Waals surface area contributed by atoms with Gasteiger partial charge in [0.05, 0.1) is 22.8 Å². The topological polar surface area (TPSA) is 138 Å². The molecule has 0 radical (unpaired) electrons. The number of hydrogen-bond donors (Lipinski definition) is 3. The van der Waals surface area contributed by atoms with E-state index in [1.165, 1.54) is 0 Å². The Labute approximate surface area is 222 Å². The van der Waals surface area contributed by atoms with Crippen LogP contribution < -0.4 is 20.3 Å². The third-order valence-electron chi connectivity index (χ3n) is 7.38. The van der Waals surface area contributed by atoms with Crippen LogP contribution >= 0.6 is 0 Å². The first kappa shape index (κ1) is 27.7. The van der Waals surface area contributed by atoms with Crippen molar-refractivity contribution in [3.8, 4) is 5.75 Å². The number of rotatable bonds is 6. The Balaban J connectivity index is 1.65. The highest BCUT2D eigenvalue weighted by atomic mass is 16.6. The SMILES string of the molecule is CCC[C@@H]1Oc2c(ccc(C(=O)O)c2CN[C@]2(C)CCC(=O)NC2=O)N2CCN(C(=O)OC(C)(C)C)C[C@H]12. The number of carbonyl (C=O) groups is 4. The molecule has 3 aliphatic heterocycles. The van der Waals surface area contributed by atoms with E-state index in [2.05, 4.69) is 22.5 Å². The third kappa shape index (κ3) is 5.57. The van der Waals surface area contributed by atoms with E-state index < -0.39 is 23.0 Å². The maximum atomic E-state index is 12.8. The molecule has 1 aromatic rings. The summed E-state index contributed by atoms with van der Waals surface area (Å²) in [4.78, 5) is 53.1. The lowest BCUT2D eigenvalue weighted by molar-refractivity contribution is -0.138. The molecular weight excluding hydrogens is 492 g/mol. The van der Waals surface area contributed by atoms with Crippen molar-refractivity contribution in [2.75, 3.05) is 24.5 Å². The lowest BCUT2D eigenvalue weighted by Gasteiger charge is -2.49. The highest BCUT2D eigenvalue weighted by Crippen LogP contribution is 2.43. The predicted molar refractivity (Wildman–Crippen MR) is 139 cm³/mol. The van der Waals surface area contributed by atoms with Crippen molar-refractivity contribution in [3.63, 3.8) is 0 Å². The Morgan fingerprint density at radius 1 is 1.26 bits per heavy atom. The van der Waals surface area contributed by atoms with E-state index in [0.717, 1.165) is 18.5 Å². The minimum Gasteiger partial charge on any atom is -0.486 e. The van der Waals surface area contributed by atoms with Gasteiger partial charge in [-0.05, 0) is 52.7 Å². The number of imide groups is 1. The van der Waals surface area contributed by atoms with E-state index in [9.17, 15) is 24.3 Å². The molecule has 2 saturated heterocycles. The summed E-state index contributed by atoms with van der Waals surface area (Å²) in [6.45, 7) is 10.8. The summed E-state index contributed by atoms with van der Waals surface area (Å²) in [6.07, 6.45) is 1.44. The number of amides is 3. The van der Waals surface area contributed by atoms with Crippen LogP contribution in [0, 0.1) is 0 Å². The normalized spacial score (nSPS) is 25.2. The molecule has 0 spiro atoms. The molecule has 3 atom stereocenters. The van der Waals surface area contributed by atoms with E-state index in [1.54, 1.807) is 24.0 Å². The van der Waals surface area contributed by atoms with E-state index in [-0.39, 0.29) is 42.7 Å². The van der Waals surface area contributed by atoms with Crippen molar-refractivity contribution in [3.05, 3.63) is 23.3 Å². The summed E-state index contributed by atoms with van der Waals surface area (Å²) in [5.41, 5.74) is -0.309. The van der Waals surface area contributed by atoms with Crippen molar-refractivity contribution in [2.24, 2.45) is 0 Å². The van der Waals surface area contributed by atoms with Crippen molar-refractivity contribution >= 4 is 29.6 Å². The first-order valence-electron chi connectivity index (χ1n) is 13.2. The smallest absolute Gasteiger partial charge is 0.410 e. The molecule has 38 heavy (non-hydrogen) atoms. The standard InChI is InChI=1S/C27H38N4O7/c1-6-7-20-19-15-30(25(36)38-26(2,3)4)12-13-31(19)18-9-8-16(23(33)34)17(22(18)37-20)14-28-27(5)11-10-21(32)29-24(27)35/h8-9,19-20,28H,6-7,10-15H2,1-5H3,(H,33,34)(H,29,32,35)/t19-,20+,27-/m1/s1. The van der Waals surface area contributed by atoms with E-state index >= 15 is 0 Å². The van der Waals surface area contributed by atoms with Crippen molar-refractivity contribution in [1.29, 1.82) is 0 Å². The number of piperidine rings is 1. The van der Waals surface area contributed by atoms with Gasteiger partial charge in [-0.25, -0.2) is 9.59 Å². The van der Waals surface area contributed by atoms with Gasteiger partial charge in [-0.2, -0.15) is 0 Å². The molecule has 1 aromatic carbocycles. The van der Waals surface area contributed by atoms with Crippen LogP contribution in [0.15, 0.2) is 12.1 Å². The molecule has 3 amide bonds. The van der Waals surface area contributed by atoms with E-state index in [0.29, 0.717) is 37.4 Å². The molecule has 0 aliphatic carbocycles. The van der Waals surface area contributed by atoms with Gasteiger partial charge in [-0.1, -0.05) is 13.3 Å². The van der Waals surface area contributed by atoms with Crippen LogP contribution in [0.1, 0.15) is 76.2 Å². The summed E-state index contributed by atoms with van der Waals surface area (Å²) in [7, 11) is 0. The number of anilines is 1. The van der Waals surface area contributed by atoms with Gasteiger partial charge < -0.3 is 24.4 Å². The second-order valence-electron chi connectivity index (χ2n) is 11.4. The van der Waals surface area contributed by atoms with Gasteiger partial charge in [-0.3, -0.25) is 20.2 Å². The molecule has 0 aromatic heterocycles. The van der Waals surface area contributed by atoms with Crippen LogP contribution in [-0.2, 0) is 20.9 Å². The summed E-state index contributed by atoms with van der Waals surface area (Å²) >= 11 is 0. The monoisotopic (exact) mass is 530 g/mol.